The van der Waals surface area contributed by atoms with Crippen LogP contribution in [0.25, 0.3) is 5.69 Å². The lowest BCUT2D eigenvalue weighted by atomic mass is 10.2. The van der Waals surface area contributed by atoms with Crippen LogP contribution < -0.4 is 20.9 Å². The zero-order chi connectivity index (χ0) is 21.8. The monoisotopic (exact) mass is 408 g/mol. The van der Waals surface area contributed by atoms with Crippen molar-refractivity contribution in [1.82, 2.24) is 9.36 Å². The molecule has 30 heavy (non-hydrogen) atoms. The molecule has 8 heteroatoms. The van der Waals surface area contributed by atoms with Crippen LogP contribution >= 0.6 is 0 Å². The summed E-state index contributed by atoms with van der Waals surface area (Å²) < 4.78 is 8.91. The molecule has 156 valence electrons. The van der Waals surface area contributed by atoms with Gasteiger partial charge in [0.25, 0.3) is 11.5 Å². The van der Waals surface area contributed by atoms with E-state index in [1.165, 1.54) is 11.6 Å². The molecule has 8 nitrogen and oxygen atoms in total. The summed E-state index contributed by atoms with van der Waals surface area (Å²) in [6, 6.07) is 16.0. The Morgan fingerprint density at radius 1 is 1.00 bits per heavy atom. The zero-order valence-electron chi connectivity index (χ0n) is 17.3. The van der Waals surface area contributed by atoms with Gasteiger partial charge in [0.15, 0.2) is 6.10 Å². The number of hydrogen-bond donors (Lipinski definition) is 2. The van der Waals surface area contributed by atoms with Gasteiger partial charge in [0.2, 0.25) is 5.91 Å². The van der Waals surface area contributed by atoms with Crippen molar-refractivity contribution in [2.75, 3.05) is 10.6 Å². The van der Waals surface area contributed by atoms with Gasteiger partial charge in [-0.3, -0.25) is 19.1 Å². The minimum Gasteiger partial charge on any atom is -0.479 e. The first kappa shape index (κ1) is 20.9. The first-order valence-electron chi connectivity index (χ1n) is 9.47. The molecule has 1 heterocycles. The molecule has 1 unspecified atom stereocenters. The van der Waals surface area contributed by atoms with Crippen molar-refractivity contribution in [1.29, 1.82) is 0 Å². The molecule has 0 bridgehead atoms. The third-order valence-electron chi connectivity index (χ3n) is 4.67. The second kappa shape index (κ2) is 8.69. The van der Waals surface area contributed by atoms with Gasteiger partial charge in [-0.15, -0.1) is 0 Å². The molecular formula is C22H24N4O4. The Kier molecular flexibility index (Phi) is 6.06. The van der Waals surface area contributed by atoms with Crippen molar-refractivity contribution in [3.8, 4) is 11.4 Å². The van der Waals surface area contributed by atoms with Crippen LogP contribution in [-0.4, -0.2) is 27.3 Å². The molecule has 2 N–H and O–H groups in total. The third-order valence-corrected chi connectivity index (χ3v) is 4.67. The van der Waals surface area contributed by atoms with Gasteiger partial charge in [-0.1, -0.05) is 30.3 Å². The van der Waals surface area contributed by atoms with Gasteiger partial charge in [0.05, 0.1) is 17.1 Å². The van der Waals surface area contributed by atoms with Crippen LogP contribution in [0.3, 0.4) is 0 Å². The highest BCUT2D eigenvalue weighted by atomic mass is 16.5. The molecule has 1 atom stereocenters. The second-order valence-corrected chi connectivity index (χ2v) is 6.86. The molecule has 0 fully saturated rings. The number of carbonyl (C=O) groups is 2. The molecule has 2 aromatic carbocycles. The van der Waals surface area contributed by atoms with Crippen LogP contribution in [0.1, 0.15) is 19.5 Å². The molecular weight excluding hydrogens is 384 g/mol. The van der Waals surface area contributed by atoms with E-state index in [0.717, 1.165) is 0 Å². The van der Waals surface area contributed by atoms with E-state index in [1.807, 2.05) is 30.3 Å². The van der Waals surface area contributed by atoms with Gasteiger partial charge in [-0.05, 0) is 38.1 Å². The molecule has 3 aromatic rings. The summed E-state index contributed by atoms with van der Waals surface area (Å²) in [6.07, 6.45) is -0.899. The van der Waals surface area contributed by atoms with Crippen molar-refractivity contribution < 1.29 is 14.3 Å². The summed E-state index contributed by atoms with van der Waals surface area (Å²) in [5, 5.41) is 5.35. The Morgan fingerprint density at radius 2 is 1.63 bits per heavy atom. The number of amides is 2. The number of nitrogens with one attached hydrogen (secondary N) is 2. The van der Waals surface area contributed by atoms with E-state index < -0.39 is 12.0 Å². The average molecular weight is 408 g/mol. The van der Waals surface area contributed by atoms with Gasteiger partial charge < -0.3 is 15.4 Å². The van der Waals surface area contributed by atoms with Crippen LogP contribution in [-0.2, 0) is 16.6 Å². The van der Waals surface area contributed by atoms with E-state index >= 15 is 0 Å². The number of benzene rings is 2. The number of ether oxygens (including phenoxy) is 1. The topological polar surface area (TPSA) is 94.4 Å². The number of para-hydroxylation sites is 3. The fourth-order valence-corrected chi connectivity index (χ4v) is 3.04. The maximum absolute atomic E-state index is 12.9. The molecule has 0 saturated heterocycles. The van der Waals surface area contributed by atoms with Gasteiger partial charge in [0.1, 0.15) is 11.4 Å². The standard InChI is InChI=1S/C22H24N4O4/c1-14-20(22(29)26(25(14)4)17-10-6-5-7-11-17)24-21(28)15(2)30-19-13-9-8-12-18(19)23-16(3)27/h5-13,15H,1-4H3,(H,23,27)(H,24,28). The zero-order valence-corrected chi connectivity index (χ0v) is 17.3. The van der Waals surface area contributed by atoms with Crippen LogP contribution in [0.5, 0.6) is 5.75 Å². The van der Waals surface area contributed by atoms with Crippen LogP contribution in [0, 0.1) is 6.92 Å². The van der Waals surface area contributed by atoms with Crippen molar-refractivity contribution in [2.24, 2.45) is 7.05 Å². The lowest BCUT2D eigenvalue weighted by molar-refractivity contribution is -0.122. The largest absolute Gasteiger partial charge is 0.479 e. The summed E-state index contributed by atoms with van der Waals surface area (Å²) in [5.41, 5.74) is 1.63. The predicted molar refractivity (Wildman–Crippen MR) is 115 cm³/mol. The fraction of sp³-hybridized carbons (Fsp3) is 0.227. The lowest BCUT2D eigenvalue weighted by Gasteiger charge is -2.17. The molecule has 1 aromatic heterocycles. The van der Waals surface area contributed by atoms with Crippen molar-refractivity contribution in [2.45, 2.75) is 26.9 Å². The quantitative estimate of drug-likeness (QED) is 0.656. The Hall–Kier alpha value is -3.81. The summed E-state index contributed by atoms with van der Waals surface area (Å²) in [4.78, 5) is 37.0. The number of carbonyl (C=O) groups excluding carboxylic acids is 2. The smallest absolute Gasteiger partial charge is 0.295 e. The summed E-state index contributed by atoms with van der Waals surface area (Å²) in [6.45, 7) is 4.73. The van der Waals surface area contributed by atoms with E-state index in [-0.39, 0.29) is 17.2 Å². The van der Waals surface area contributed by atoms with Gasteiger partial charge in [-0.2, -0.15) is 0 Å². The first-order valence-corrected chi connectivity index (χ1v) is 9.47. The second-order valence-electron chi connectivity index (χ2n) is 6.86. The molecule has 0 aliphatic rings. The SMILES string of the molecule is CC(=O)Nc1ccccc1OC(C)C(=O)Nc1c(C)n(C)n(-c2ccccc2)c1=O. The highest BCUT2D eigenvalue weighted by Gasteiger charge is 2.22. The maximum atomic E-state index is 12.9. The van der Waals surface area contributed by atoms with Crippen LogP contribution in [0.15, 0.2) is 59.4 Å². The number of nitrogens with zero attached hydrogens (tertiary/aromatic N) is 2. The van der Waals surface area contributed by atoms with Gasteiger partial charge in [0, 0.05) is 14.0 Å². The Labute approximate surface area is 174 Å². The number of rotatable bonds is 6. The minimum atomic E-state index is -0.899. The van der Waals surface area contributed by atoms with E-state index in [9.17, 15) is 14.4 Å². The van der Waals surface area contributed by atoms with Crippen molar-refractivity contribution in [3.63, 3.8) is 0 Å². The molecule has 0 saturated carbocycles. The number of aromatic nitrogens is 2. The summed E-state index contributed by atoms with van der Waals surface area (Å²) in [5.74, 6) is -0.356. The van der Waals surface area contributed by atoms with E-state index in [1.54, 1.807) is 49.8 Å². The molecule has 3 rings (SSSR count). The minimum absolute atomic E-state index is 0.192. The molecule has 0 spiro atoms. The van der Waals surface area contributed by atoms with E-state index in [0.29, 0.717) is 22.8 Å². The summed E-state index contributed by atoms with van der Waals surface area (Å²) in [7, 11) is 1.75. The van der Waals surface area contributed by atoms with Crippen LogP contribution in [0.4, 0.5) is 11.4 Å². The lowest BCUT2D eigenvalue weighted by Crippen LogP contribution is -2.32. The molecule has 0 aliphatic carbocycles. The Morgan fingerprint density at radius 3 is 2.30 bits per heavy atom. The first-order chi connectivity index (χ1) is 14.3. The third kappa shape index (κ3) is 4.27. The van der Waals surface area contributed by atoms with E-state index in [2.05, 4.69) is 10.6 Å². The maximum Gasteiger partial charge on any atom is 0.295 e. The Bertz CT molecular complexity index is 1130. The average Bonchev–Trinajstić information content (AvgIpc) is 2.93. The summed E-state index contributed by atoms with van der Waals surface area (Å²) >= 11 is 0. The van der Waals surface area contributed by atoms with Crippen molar-refractivity contribution in [3.05, 3.63) is 70.6 Å². The van der Waals surface area contributed by atoms with E-state index in [4.69, 9.17) is 4.74 Å². The Balaban J connectivity index is 1.82. The van der Waals surface area contributed by atoms with Gasteiger partial charge >= 0.3 is 0 Å². The molecule has 2 amide bonds. The van der Waals surface area contributed by atoms with Crippen LogP contribution in [0.2, 0.25) is 0 Å². The highest BCUT2D eigenvalue weighted by Crippen LogP contribution is 2.25. The number of hydrogen-bond acceptors (Lipinski definition) is 4. The number of anilines is 2. The molecule has 0 radical (unpaired) electrons. The highest BCUT2D eigenvalue weighted by molar-refractivity contribution is 5.95. The van der Waals surface area contributed by atoms with Gasteiger partial charge in [-0.25, -0.2) is 4.68 Å². The normalized spacial score (nSPS) is 11.6. The van der Waals surface area contributed by atoms with Crippen molar-refractivity contribution >= 4 is 23.2 Å². The predicted octanol–water partition coefficient (Wildman–Crippen LogP) is 2.85. The molecule has 0 aliphatic heterocycles. The fourth-order valence-electron chi connectivity index (χ4n) is 3.04.